The molecule has 3 aromatic rings. The van der Waals surface area contributed by atoms with E-state index in [2.05, 4.69) is 29.2 Å². The van der Waals surface area contributed by atoms with Gasteiger partial charge in [-0.3, -0.25) is 9.69 Å². The molecule has 0 radical (unpaired) electrons. The zero-order valence-electron chi connectivity index (χ0n) is 15.9. The number of amides is 1. The topological polar surface area (TPSA) is 46.1 Å². The van der Waals surface area contributed by atoms with Gasteiger partial charge in [0.15, 0.2) is 5.65 Å². The van der Waals surface area contributed by atoms with E-state index < -0.39 is 0 Å². The van der Waals surface area contributed by atoms with Crippen molar-refractivity contribution in [3.63, 3.8) is 0 Å². The number of pyridine rings is 2. The molecule has 0 N–H and O–H groups in total. The van der Waals surface area contributed by atoms with Crippen LogP contribution in [0.25, 0.3) is 11.0 Å². The number of rotatable bonds is 6. The first-order chi connectivity index (χ1) is 13.6. The average Bonchev–Trinajstić information content (AvgIpc) is 2.99. The van der Waals surface area contributed by atoms with Crippen LogP contribution in [0, 0.1) is 0 Å². The van der Waals surface area contributed by atoms with Gasteiger partial charge in [-0.05, 0) is 61.4 Å². The largest absolute Gasteiger partial charge is 0.285 e. The Morgan fingerprint density at radius 3 is 2.75 bits per heavy atom. The lowest BCUT2D eigenvalue weighted by molar-refractivity contribution is 0.0989. The van der Waals surface area contributed by atoms with Crippen LogP contribution in [0.2, 0.25) is 5.15 Å². The molecule has 0 fully saturated rings. The Kier molecular flexibility index (Phi) is 5.56. The molecule has 2 atom stereocenters. The predicted molar refractivity (Wildman–Crippen MR) is 117 cm³/mol. The van der Waals surface area contributed by atoms with E-state index >= 15 is 0 Å². The van der Waals surface area contributed by atoms with Gasteiger partial charge in [0.25, 0.3) is 5.91 Å². The van der Waals surface area contributed by atoms with Crippen LogP contribution in [0.1, 0.15) is 48.1 Å². The highest BCUT2D eigenvalue weighted by molar-refractivity contribution is 7.99. The van der Waals surface area contributed by atoms with Crippen molar-refractivity contribution < 1.29 is 4.79 Å². The van der Waals surface area contributed by atoms with Gasteiger partial charge in [-0.2, -0.15) is 11.8 Å². The normalized spacial score (nSPS) is 17.2. The summed E-state index contributed by atoms with van der Waals surface area (Å²) < 4.78 is 0. The van der Waals surface area contributed by atoms with Gasteiger partial charge in [-0.25, -0.2) is 9.97 Å². The molecule has 3 heterocycles. The molecule has 0 spiro atoms. The van der Waals surface area contributed by atoms with E-state index in [0.29, 0.717) is 21.9 Å². The fourth-order valence-corrected chi connectivity index (χ4v) is 4.30. The summed E-state index contributed by atoms with van der Waals surface area (Å²) >= 11 is 7.92. The van der Waals surface area contributed by atoms with Crippen LogP contribution in [-0.4, -0.2) is 27.4 Å². The smallest absolute Gasteiger partial charge is 0.260 e. The van der Waals surface area contributed by atoms with Gasteiger partial charge in [-0.15, -0.1) is 0 Å². The second kappa shape index (κ2) is 8.10. The van der Waals surface area contributed by atoms with Gasteiger partial charge < -0.3 is 0 Å². The van der Waals surface area contributed by atoms with Crippen LogP contribution in [0.3, 0.4) is 0 Å². The van der Waals surface area contributed by atoms with Crippen LogP contribution in [0.5, 0.6) is 0 Å². The molecule has 0 saturated carbocycles. The van der Waals surface area contributed by atoms with Crippen molar-refractivity contribution in [3.05, 3.63) is 64.8 Å². The highest BCUT2D eigenvalue weighted by Gasteiger charge is 2.37. The van der Waals surface area contributed by atoms with E-state index in [4.69, 9.17) is 11.6 Å². The molecule has 4 rings (SSSR count). The van der Waals surface area contributed by atoms with E-state index in [-0.39, 0.29) is 11.9 Å². The number of aromatic nitrogens is 2. The second-order valence-corrected chi connectivity index (χ2v) is 8.77. The number of thioether (sulfide) groups is 1. The van der Waals surface area contributed by atoms with Crippen molar-refractivity contribution in [2.24, 2.45) is 0 Å². The van der Waals surface area contributed by atoms with E-state index in [1.54, 1.807) is 6.07 Å². The molecule has 0 bridgehead atoms. The zero-order valence-corrected chi connectivity index (χ0v) is 17.5. The van der Waals surface area contributed by atoms with E-state index in [0.717, 1.165) is 35.8 Å². The van der Waals surface area contributed by atoms with Crippen LogP contribution >= 0.6 is 23.4 Å². The fraction of sp³-hybridized carbons (Fsp3) is 0.318. The minimum absolute atomic E-state index is 0.00175. The molecule has 1 aliphatic rings. The molecule has 2 aromatic heterocycles. The first kappa shape index (κ1) is 19.2. The van der Waals surface area contributed by atoms with Gasteiger partial charge in [0.2, 0.25) is 0 Å². The first-order valence-electron chi connectivity index (χ1n) is 9.47. The highest BCUT2D eigenvalue weighted by Crippen LogP contribution is 2.40. The van der Waals surface area contributed by atoms with Gasteiger partial charge >= 0.3 is 0 Å². The SMILES string of the molecule is CSC(C)CCCC1c2ccccc2C(=O)N1c1ccc2ccc(Cl)nc2n1. The van der Waals surface area contributed by atoms with E-state index in [1.807, 2.05) is 53.1 Å². The van der Waals surface area contributed by atoms with Crippen molar-refractivity contribution in [3.8, 4) is 0 Å². The molecule has 6 heteroatoms. The van der Waals surface area contributed by atoms with E-state index in [9.17, 15) is 4.79 Å². The zero-order chi connectivity index (χ0) is 19.7. The Labute approximate surface area is 174 Å². The standard InChI is InChI=1S/C22H22ClN3OS/c1-14(28-2)6-5-9-18-16-7-3-4-8-17(16)22(27)26(18)20-13-11-15-10-12-19(23)24-21(15)25-20/h3-4,7-8,10-14,18H,5-6,9H2,1-2H3. The van der Waals surface area contributed by atoms with Gasteiger partial charge in [-0.1, -0.05) is 36.7 Å². The summed E-state index contributed by atoms with van der Waals surface area (Å²) in [7, 11) is 0. The third-order valence-corrected chi connectivity index (χ3v) is 6.57. The number of benzene rings is 1. The Morgan fingerprint density at radius 2 is 1.93 bits per heavy atom. The number of carbonyl (C=O) groups is 1. The summed E-state index contributed by atoms with van der Waals surface area (Å²) in [4.78, 5) is 24.0. The number of nitrogens with zero attached hydrogens (tertiary/aromatic N) is 3. The van der Waals surface area contributed by atoms with Gasteiger partial charge in [0.1, 0.15) is 11.0 Å². The Morgan fingerprint density at radius 1 is 1.14 bits per heavy atom. The van der Waals surface area contributed by atoms with Crippen LogP contribution < -0.4 is 4.90 Å². The maximum absolute atomic E-state index is 13.2. The number of anilines is 1. The average molecular weight is 412 g/mol. The van der Waals surface area contributed by atoms with E-state index in [1.165, 1.54) is 0 Å². The predicted octanol–water partition coefficient (Wildman–Crippen LogP) is 5.91. The lowest BCUT2D eigenvalue weighted by atomic mass is 9.99. The maximum Gasteiger partial charge on any atom is 0.260 e. The van der Waals surface area contributed by atoms with Crippen molar-refractivity contribution in [1.82, 2.24) is 9.97 Å². The lowest BCUT2D eigenvalue weighted by Gasteiger charge is -2.25. The molecule has 1 aliphatic heterocycles. The molecule has 4 nitrogen and oxygen atoms in total. The molecule has 28 heavy (non-hydrogen) atoms. The second-order valence-electron chi connectivity index (χ2n) is 7.11. The Bertz CT molecular complexity index is 1030. The third kappa shape index (κ3) is 3.61. The summed E-state index contributed by atoms with van der Waals surface area (Å²) in [5.41, 5.74) is 2.42. The third-order valence-electron chi connectivity index (χ3n) is 5.32. The van der Waals surface area contributed by atoms with Crippen LogP contribution in [-0.2, 0) is 0 Å². The molecule has 0 saturated heterocycles. The van der Waals surface area contributed by atoms with Crippen molar-refractivity contribution in [2.45, 2.75) is 37.5 Å². The monoisotopic (exact) mass is 411 g/mol. The van der Waals surface area contributed by atoms with Crippen molar-refractivity contribution in [2.75, 3.05) is 11.2 Å². The highest BCUT2D eigenvalue weighted by atomic mass is 35.5. The number of fused-ring (bicyclic) bond motifs is 2. The first-order valence-corrected chi connectivity index (χ1v) is 11.1. The molecular weight excluding hydrogens is 390 g/mol. The lowest BCUT2D eigenvalue weighted by Crippen LogP contribution is -2.28. The number of hydrogen-bond donors (Lipinski definition) is 0. The van der Waals surface area contributed by atoms with Crippen molar-refractivity contribution in [1.29, 1.82) is 0 Å². The number of hydrogen-bond acceptors (Lipinski definition) is 4. The Balaban J connectivity index is 1.70. The van der Waals surface area contributed by atoms with Gasteiger partial charge in [0, 0.05) is 16.2 Å². The quantitative estimate of drug-likeness (QED) is 0.473. The maximum atomic E-state index is 13.2. The summed E-state index contributed by atoms with van der Waals surface area (Å²) in [6.07, 6.45) is 5.24. The van der Waals surface area contributed by atoms with Crippen LogP contribution in [0.4, 0.5) is 5.82 Å². The molecule has 1 aromatic carbocycles. The Hall–Kier alpha value is -2.11. The minimum atomic E-state index is 0.00175. The number of halogens is 1. The number of carbonyl (C=O) groups excluding carboxylic acids is 1. The van der Waals surface area contributed by atoms with Crippen LogP contribution in [0.15, 0.2) is 48.5 Å². The fourth-order valence-electron chi connectivity index (χ4n) is 3.76. The van der Waals surface area contributed by atoms with Gasteiger partial charge in [0.05, 0.1) is 6.04 Å². The molecule has 2 unspecified atom stereocenters. The van der Waals surface area contributed by atoms with Crippen molar-refractivity contribution >= 4 is 46.1 Å². The minimum Gasteiger partial charge on any atom is -0.285 e. The molecule has 1 amide bonds. The summed E-state index contributed by atoms with van der Waals surface area (Å²) in [5.74, 6) is 0.638. The summed E-state index contributed by atoms with van der Waals surface area (Å²) in [5, 5.41) is 1.92. The molecular formula is C22H22ClN3OS. The molecule has 0 aliphatic carbocycles. The summed E-state index contributed by atoms with van der Waals surface area (Å²) in [6.45, 7) is 2.25. The molecule has 144 valence electrons. The summed E-state index contributed by atoms with van der Waals surface area (Å²) in [6, 6.07) is 15.4.